The molecular formula is C15H24F2N2. The van der Waals surface area contributed by atoms with E-state index in [4.69, 9.17) is 0 Å². The molecule has 0 aliphatic rings. The van der Waals surface area contributed by atoms with Gasteiger partial charge in [0.2, 0.25) is 0 Å². The number of alkyl halides is 2. The molecule has 1 aromatic rings. The van der Waals surface area contributed by atoms with Gasteiger partial charge in [0.1, 0.15) is 0 Å². The summed E-state index contributed by atoms with van der Waals surface area (Å²) in [6.07, 6.45) is 0. The maximum Gasteiger partial charge on any atom is 0.272 e. The predicted octanol–water partition coefficient (Wildman–Crippen LogP) is 3.14. The van der Waals surface area contributed by atoms with E-state index < -0.39 is 5.92 Å². The Balaban J connectivity index is 2.63. The van der Waals surface area contributed by atoms with Crippen LogP contribution in [-0.2, 0) is 6.54 Å². The van der Waals surface area contributed by atoms with Crippen molar-refractivity contribution in [1.82, 2.24) is 10.2 Å². The van der Waals surface area contributed by atoms with Crippen LogP contribution in [0, 0.1) is 0 Å². The van der Waals surface area contributed by atoms with Crippen molar-refractivity contribution in [2.24, 2.45) is 0 Å². The summed E-state index contributed by atoms with van der Waals surface area (Å²) in [5, 5.41) is 2.72. The zero-order valence-electron chi connectivity index (χ0n) is 12.0. The summed E-state index contributed by atoms with van der Waals surface area (Å²) in [4.78, 5) is 1.81. The normalized spacial score (nSPS) is 12.4. The Bertz CT molecular complexity index is 352. The largest absolute Gasteiger partial charge is 0.311 e. The van der Waals surface area contributed by atoms with Crippen molar-refractivity contribution in [2.45, 2.75) is 39.3 Å². The predicted molar refractivity (Wildman–Crippen MR) is 75.5 cm³/mol. The fourth-order valence-corrected chi connectivity index (χ4v) is 1.90. The molecule has 0 atom stereocenters. The molecule has 0 spiro atoms. The van der Waals surface area contributed by atoms with Gasteiger partial charge in [0, 0.05) is 12.6 Å². The second-order valence-electron chi connectivity index (χ2n) is 5.12. The highest BCUT2D eigenvalue weighted by Crippen LogP contribution is 2.18. The van der Waals surface area contributed by atoms with Gasteiger partial charge in [-0.25, -0.2) is 8.78 Å². The molecule has 0 fully saturated rings. The van der Waals surface area contributed by atoms with E-state index in [-0.39, 0.29) is 19.1 Å². The van der Waals surface area contributed by atoms with Gasteiger partial charge in [0.25, 0.3) is 5.92 Å². The van der Waals surface area contributed by atoms with Crippen LogP contribution < -0.4 is 5.32 Å². The van der Waals surface area contributed by atoms with Crippen LogP contribution in [0.3, 0.4) is 0 Å². The molecule has 108 valence electrons. The molecule has 0 aliphatic carbocycles. The number of nitrogens with one attached hydrogen (secondary N) is 1. The average Bonchev–Trinajstić information content (AvgIpc) is 2.36. The average molecular weight is 270 g/mol. The van der Waals surface area contributed by atoms with Crippen LogP contribution in [0.5, 0.6) is 0 Å². The topological polar surface area (TPSA) is 15.3 Å². The van der Waals surface area contributed by atoms with Gasteiger partial charge in [-0.05, 0) is 26.0 Å². The van der Waals surface area contributed by atoms with Gasteiger partial charge >= 0.3 is 0 Å². The summed E-state index contributed by atoms with van der Waals surface area (Å²) in [5.41, 5.74) is 1.07. The van der Waals surface area contributed by atoms with E-state index in [0.717, 1.165) is 5.56 Å². The van der Waals surface area contributed by atoms with Crippen LogP contribution in [-0.4, -0.2) is 36.5 Å². The molecule has 19 heavy (non-hydrogen) atoms. The molecule has 1 aromatic carbocycles. The third-order valence-corrected chi connectivity index (χ3v) is 3.03. The SMILES string of the molecule is CCNCC(F)(F)CN(Cc1ccccc1)C(C)C. The lowest BCUT2D eigenvalue weighted by Crippen LogP contribution is -2.45. The number of hydrogen-bond acceptors (Lipinski definition) is 2. The van der Waals surface area contributed by atoms with Crippen LogP contribution in [0.2, 0.25) is 0 Å². The molecule has 0 saturated heterocycles. The second-order valence-corrected chi connectivity index (χ2v) is 5.12. The third kappa shape index (κ3) is 6.12. The fraction of sp³-hybridized carbons (Fsp3) is 0.600. The Hall–Kier alpha value is -1.00. The van der Waals surface area contributed by atoms with Crippen molar-refractivity contribution in [2.75, 3.05) is 19.6 Å². The number of hydrogen-bond donors (Lipinski definition) is 1. The Kier molecular flexibility index (Phi) is 6.38. The highest BCUT2D eigenvalue weighted by Gasteiger charge is 2.32. The molecule has 2 nitrogen and oxygen atoms in total. The van der Waals surface area contributed by atoms with Crippen molar-refractivity contribution in [3.05, 3.63) is 35.9 Å². The summed E-state index contributed by atoms with van der Waals surface area (Å²) in [6, 6.07) is 9.83. The van der Waals surface area contributed by atoms with Crippen LogP contribution in [0.15, 0.2) is 30.3 Å². The minimum absolute atomic E-state index is 0.0905. The first-order valence-electron chi connectivity index (χ1n) is 6.81. The monoisotopic (exact) mass is 270 g/mol. The number of benzene rings is 1. The zero-order valence-corrected chi connectivity index (χ0v) is 12.0. The summed E-state index contributed by atoms with van der Waals surface area (Å²) < 4.78 is 27.6. The first kappa shape index (κ1) is 16.1. The zero-order chi connectivity index (χ0) is 14.3. The van der Waals surface area contributed by atoms with Gasteiger partial charge in [-0.2, -0.15) is 0 Å². The lowest BCUT2D eigenvalue weighted by molar-refractivity contribution is -0.0395. The Morgan fingerprint density at radius 2 is 1.84 bits per heavy atom. The maximum absolute atomic E-state index is 13.8. The maximum atomic E-state index is 13.8. The highest BCUT2D eigenvalue weighted by atomic mass is 19.3. The van der Waals surface area contributed by atoms with E-state index in [1.54, 1.807) is 0 Å². The van der Waals surface area contributed by atoms with Crippen LogP contribution in [0.1, 0.15) is 26.3 Å². The van der Waals surface area contributed by atoms with E-state index >= 15 is 0 Å². The molecule has 0 amide bonds. The molecule has 0 radical (unpaired) electrons. The number of nitrogens with zero attached hydrogens (tertiary/aromatic N) is 1. The molecule has 0 saturated carbocycles. The molecule has 0 aromatic heterocycles. The number of rotatable bonds is 8. The lowest BCUT2D eigenvalue weighted by Gasteiger charge is -2.30. The van der Waals surface area contributed by atoms with Crippen molar-refractivity contribution in [3.63, 3.8) is 0 Å². The van der Waals surface area contributed by atoms with Gasteiger partial charge in [-0.3, -0.25) is 4.90 Å². The lowest BCUT2D eigenvalue weighted by atomic mass is 10.1. The van der Waals surface area contributed by atoms with Crippen molar-refractivity contribution >= 4 is 0 Å². The Labute approximate surface area is 114 Å². The molecule has 0 heterocycles. The highest BCUT2D eigenvalue weighted by molar-refractivity contribution is 5.14. The minimum atomic E-state index is -2.70. The summed E-state index contributed by atoms with van der Waals surface area (Å²) in [6.45, 7) is 6.38. The molecule has 0 bridgehead atoms. The number of halogens is 2. The molecule has 1 rings (SSSR count). The first-order chi connectivity index (χ1) is 8.94. The Morgan fingerprint density at radius 3 is 2.37 bits per heavy atom. The van der Waals surface area contributed by atoms with Crippen molar-refractivity contribution in [1.29, 1.82) is 0 Å². The van der Waals surface area contributed by atoms with Crippen LogP contribution in [0.25, 0.3) is 0 Å². The molecule has 4 heteroatoms. The fourth-order valence-electron chi connectivity index (χ4n) is 1.90. The smallest absolute Gasteiger partial charge is 0.272 e. The van der Waals surface area contributed by atoms with E-state index in [0.29, 0.717) is 13.1 Å². The van der Waals surface area contributed by atoms with Gasteiger partial charge in [0.05, 0.1) is 13.1 Å². The molecular weight excluding hydrogens is 246 g/mol. The second kappa shape index (κ2) is 7.56. The van der Waals surface area contributed by atoms with E-state index in [1.165, 1.54) is 0 Å². The van der Waals surface area contributed by atoms with Gasteiger partial charge in [-0.15, -0.1) is 0 Å². The van der Waals surface area contributed by atoms with E-state index in [9.17, 15) is 8.78 Å². The van der Waals surface area contributed by atoms with Crippen molar-refractivity contribution in [3.8, 4) is 0 Å². The first-order valence-corrected chi connectivity index (χ1v) is 6.81. The van der Waals surface area contributed by atoms with Crippen molar-refractivity contribution < 1.29 is 8.78 Å². The van der Waals surface area contributed by atoms with E-state index in [1.807, 2.05) is 56.0 Å². The summed E-state index contributed by atoms with van der Waals surface area (Å²) in [7, 11) is 0. The Morgan fingerprint density at radius 1 is 1.21 bits per heavy atom. The third-order valence-electron chi connectivity index (χ3n) is 3.03. The van der Waals surface area contributed by atoms with Gasteiger partial charge in [0.15, 0.2) is 0 Å². The summed E-state index contributed by atoms with van der Waals surface area (Å²) in [5.74, 6) is -2.70. The van der Waals surface area contributed by atoms with Gasteiger partial charge in [-0.1, -0.05) is 37.3 Å². The molecule has 0 aliphatic heterocycles. The summed E-state index contributed by atoms with van der Waals surface area (Å²) >= 11 is 0. The van der Waals surface area contributed by atoms with Crippen LogP contribution >= 0.6 is 0 Å². The van der Waals surface area contributed by atoms with Gasteiger partial charge < -0.3 is 5.32 Å². The standard InChI is InChI=1S/C15H24F2N2/c1-4-18-11-15(16,17)12-19(13(2)3)10-14-8-6-5-7-9-14/h5-9,13,18H,4,10-12H2,1-3H3. The minimum Gasteiger partial charge on any atom is -0.311 e. The quantitative estimate of drug-likeness (QED) is 0.780. The van der Waals surface area contributed by atoms with E-state index in [2.05, 4.69) is 5.32 Å². The van der Waals surface area contributed by atoms with Crippen LogP contribution in [0.4, 0.5) is 8.78 Å². The molecule has 1 N–H and O–H groups in total. The molecule has 0 unspecified atom stereocenters.